The molecule has 1 aromatic carbocycles. The summed E-state index contributed by atoms with van der Waals surface area (Å²) < 4.78 is 13.0. The normalized spacial score (nSPS) is 19.3. The van der Waals surface area contributed by atoms with Gasteiger partial charge >= 0.3 is 0 Å². The second-order valence-electron chi connectivity index (χ2n) is 6.82. The smallest absolute Gasteiger partial charge is 0.256 e. The molecular weight excluding hydrogens is 346 g/mol. The Morgan fingerprint density at radius 3 is 3.00 bits per heavy atom. The molecule has 1 unspecified atom stereocenters. The summed E-state index contributed by atoms with van der Waals surface area (Å²) >= 11 is 0. The van der Waals surface area contributed by atoms with Gasteiger partial charge in [0.25, 0.3) is 5.91 Å². The Morgan fingerprint density at radius 2 is 2.19 bits per heavy atom. The van der Waals surface area contributed by atoms with Crippen LogP contribution >= 0.6 is 0 Å². The Balaban J connectivity index is 1.40. The first kappa shape index (κ1) is 16.2. The first-order valence-corrected chi connectivity index (χ1v) is 9.09. The van der Waals surface area contributed by atoms with Crippen LogP contribution in [0.3, 0.4) is 0 Å². The average molecular weight is 365 g/mol. The molecule has 0 spiro atoms. The number of ether oxygens (including phenoxy) is 1. The fourth-order valence-electron chi connectivity index (χ4n) is 3.65. The third-order valence-corrected chi connectivity index (χ3v) is 5.11. The molecule has 2 aliphatic rings. The van der Waals surface area contributed by atoms with Gasteiger partial charge in [-0.25, -0.2) is 14.6 Å². The molecule has 0 aliphatic carbocycles. The molecule has 138 valence electrons. The lowest BCUT2D eigenvalue weighted by atomic mass is 10.1. The predicted octanol–water partition coefficient (Wildman–Crippen LogP) is 1.96. The van der Waals surface area contributed by atoms with Gasteiger partial charge in [0, 0.05) is 19.6 Å². The number of carbonyl (C=O) groups excluding carboxylic acids is 1. The zero-order chi connectivity index (χ0) is 18.2. The first-order valence-electron chi connectivity index (χ1n) is 9.09. The minimum atomic E-state index is -0.0412. The van der Waals surface area contributed by atoms with Crippen LogP contribution in [0, 0.1) is 0 Å². The summed E-state index contributed by atoms with van der Waals surface area (Å²) in [7, 11) is 0. The van der Waals surface area contributed by atoms with Gasteiger partial charge in [-0.1, -0.05) is 12.1 Å². The Morgan fingerprint density at radius 1 is 1.26 bits per heavy atom. The van der Waals surface area contributed by atoms with E-state index in [4.69, 9.17) is 9.15 Å². The highest BCUT2D eigenvalue weighted by Gasteiger charge is 2.30. The molecule has 8 heteroatoms. The van der Waals surface area contributed by atoms with E-state index in [2.05, 4.69) is 15.1 Å². The highest BCUT2D eigenvalue weighted by atomic mass is 16.5. The molecule has 8 nitrogen and oxygen atoms in total. The molecular formula is C19H19N5O3. The second kappa shape index (κ2) is 6.62. The van der Waals surface area contributed by atoms with E-state index in [9.17, 15) is 4.79 Å². The molecule has 2 aliphatic heterocycles. The largest absolute Gasteiger partial charge is 0.445 e. The Labute approximate surface area is 155 Å². The summed E-state index contributed by atoms with van der Waals surface area (Å²) in [4.78, 5) is 23.6. The second-order valence-corrected chi connectivity index (χ2v) is 6.82. The highest BCUT2D eigenvalue weighted by Crippen LogP contribution is 2.29. The van der Waals surface area contributed by atoms with Crippen LogP contribution in [0.2, 0.25) is 0 Å². The van der Waals surface area contributed by atoms with E-state index < -0.39 is 0 Å². The third-order valence-electron chi connectivity index (χ3n) is 5.11. The van der Waals surface area contributed by atoms with E-state index in [1.807, 2.05) is 29.2 Å². The maximum absolute atomic E-state index is 13.2. The summed E-state index contributed by atoms with van der Waals surface area (Å²) in [5.41, 5.74) is 2.17. The molecule has 2 aromatic heterocycles. The minimum absolute atomic E-state index is 0.0412. The highest BCUT2D eigenvalue weighted by molar-refractivity contribution is 5.97. The van der Waals surface area contributed by atoms with Crippen molar-refractivity contribution < 1.29 is 13.9 Å². The van der Waals surface area contributed by atoms with Crippen molar-refractivity contribution in [2.24, 2.45) is 0 Å². The van der Waals surface area contributed by atoms with E-state index >= 15 is 0 Å². The minimum Gasteiger partial charge on any atom is -0.445 e. The van der Waals surface area contributed by atoms with Crippen molar-refractivity contribution in [3.8, 4) is 5.69 Å². The molecule has 1 atom stereocenters. The van der Waals surface area contributed by atoms with E-state index in [1.54, 1.807) is 11.0 Å². The number of hydrogen-bond acceptors (Lipinski definition) is 6. The lowest BCUT2D eigenvalue weighted by Gasteiger charge is -2.26. The lowest BCUT2D eigenvalue weighted by Crippen LogP contribution is -2.36. The van der Waals surface area contributed by atoms with Gasteiger partial charge in [-0.15, -0.1) is 0 Å². The van der Waals surface area contributed by atoms with Crippen LogP contribution in [-0.2, 0) is 17.7 Å². The van der Waals surface area contributed by atoms with Crippen molar-refractivity contribution in [2.45, 2.75) is 25.3 Å². The number of carbonyl (C=O) groups is 1. The number of nitrogens with zero attached hydrogens (tertiary/aromatic N) is 5. The number of hydrogen-bond donors (Lipinski definition) is 0. The van der Waals surface area contributed by atoms with E-state index in [0.717, 1.165) is 36.1 Å². The van der Waals surface area contributed by atoms with Gasteiger partial charge in [-0.05, 0) is 18.6 Å². The topological polar surface area (TPSA) is 86.3 Å². The molecule has 1 fully saturated rings. The number of aromatic nitrogens is 4. The Kier molecular flexibility index (Phi) is 3.97. The zero-order valence-corrected chi connectivity index (χ0v) is 14.7. The number of oxazole rings is 1. The molecule has 27 heavy (non-hydrogen) atoms. The molecule has 5 rings (SSSR count). The lowest BCUT2D eigenvalue weighted by molar-refractivity contribution is 0.0727. The van der Waals surface area contributed by atoms with Crippen molar-refractivity contribution in [3.05, 3.63) is 59.8 Å². The van der Waals surface area contributed by atoms with E-state index in [0.29, 0.717) is 31.7 Å². The molecule has 1 saturated heterocycles. The SMILES string of the molecule is O=C(c1ccccc1-n1cncn1)N1CCc2oc(C3CCOC3)nc2C1. The van der Waals surface area contributed by atoms with Crippen LogP contribution in [0.5, 0.6) is 0 Å². The fourth-order valence-corrected chi connectivity index (χ4v) is 3.65. The van der Waals surface area contributed by atoms with Crippen LogP contribution in [0.4, 0.5) is 0 Å². The van der Waals surface area contributed by atoms with E-state index in [-0.39, 0.29) is 11.8 Å². The molecule has 3 aromatic rings. The summed E-state index contributed by atoms with van der Waals surface area (Å²) in [5, 5.41) is 4.15. The van der Waals surface area contributed by atoms with Gasteiger partial charge in [-0.3, -0.25) is 4.79 Å². The maximum Gasteiger partial charge on any atom is 0.256 e. The van der Waals surface area contributed by atoms with Crippen LogP contribution in [0.25, 0.3) is 5.69 Å². The zero-order valence-electron chi connectivity index (χ0n) is 14.7. The van der Waals surface area contributed by atoms with Crippen LogP contribution in [-0.4, -0.2) is 50.3 Å². The summed E-state index contributed by atoms with van der Waals surface area (Å²) in [6.07, 6.45) is 4.66. The van der Waals surface area contributed by atoms with Gasteiger partial charge in [0.15, 0.2) is 5.89 Å². The Bertz CT molecular complexity index is 960. The molecule has 0 radical (unpaired) electrons. The number of amides is 1. The molecule has 0 N–H and O–H groups in total. The van der Waals surface area contributed by atoms with Gasteiger partial charge in [-0.2, -0.15) is 5.10 Å². The predicted molar refractivity (Wildman–Crippen MR) is 94.5 cm³/mol. The molecule has 4 heterocycles. The average Bonchev–Trinajstić information content (AvgIpc) is 3.48. The maximum atomic E-state index is 13.2. The van der Waals surface area contributed by atoms with Gasteiger partial charge in [0.05, 0.1) is 30.3 Å². The quantitative estimate of drug-likeness (QED) is 0.705. The van der Waals surface area contributed by atoms with Crippen LogP contribution in [0.1, 0.15) is 40.0 Å². The van der Waals surface area contributed by atoms with Crippen molar-refractivity contribution in [2.75, 3.05) is 19.8 Å². The number of benzene rings is 1. The van der Waals surface area contributed by atoms with Gasteiger partial charge in [0.2, 0.25) is 0 Å². The first-order chi connectivity index (χ1) is 13.3. The van der Waals surface area contributed by atoms with Crippen molar-refractivity contribution in [1.29, 1.82) is 0 Å². The van der Waals surface area contributed by atoms with Crippen molar-refractivity contribution in [3.63, 3.8) is 0 Å². The van der Waals surface area contributed by atoms with Gasteiger partial charge in [0.1, 0.15) is 24.1 Å². The van der Waals surface area contributed by atoms with Gasteiger partial charge < -0.3 is 14.1 Å². The summed E-state index contributed by atoms with van der Waals surface area (Å²) in [5.74, 6) is 1.83. The van der Waals surface area contributed by atoms with Crippen molar-refractivity contribution in [1.82, 2.24) is 24.6 Å². The van der Waals surface area contributed by atoms with Crippen molar-refractivity contribution >= 4 is 5.91 Å². The molecule has 1 amide bonds. The molecule has 0 saturated carbocycles. The van der Waals surface area contributed by atoms with Crippen LogP contribution < -0.4 is 0 Å². The molecule has 0 bridgehead atoms. The standard InChI is InChI=1S/C19H19N5O3/c25-19(14-3-1-2-4-16(14)24-12-20-11-21-24)23-7-5-17-15(9-23)22-18(27-17)13-6-8-26-10-13/h1-4,11-13H,5-10H2. The summed E-state index contributed by atoms with van der Waals surface area (Å²) in [6, 6.07) is 7.43. The van der Waals surface area contributed by atoms with E-state index in [1.165, 1.54) is 6.33 Å². The number of fused-ring (bicyclic) bond motifs is 1. The Hall–Kier alpha value is -3.00. The monoisotopic (exact) mass is 365 g/mol. The fraction of sp³-hybridized carbons (Fsp3) is 0.368. The number of rotatable bonds is 3. The van der Waals surface area contributed by atoms with Crippen LogP contribution in [0.15, 0.2) is 41.3 Å². The summed E-state index contributed by atoms with van der Waals surface area (Å²) in [6.45, 7) is 2.47. The third kappa shape index (κ3) is 2.91. The number of para-hydroxylation sites is 1.